The van der Waals surface area contributed by atoms with E-state index >= 15 is 0 Å². The molecule has 0 bridgehead atoms. The standard InChI is InChI=1S/C21H25N7O3/c1-27-16(19(29)24-8-10-31-2)12-18(26-27)25-17-11-15(5-7-23-17)28-9-6-21(13-22,20(28)30)14-3-4-14/h5,7,11-12,14H,3-4,6,8-10H2,1-2H3,(H,24,29)(H,23,25,26)/t21-/m1/s1. The Balaban J connectivity index is 1.48. The second-order valence-corrected chi connectivity index (χ2v) is 7.88. The number of amides is 2. The number of hydrogen-bond acceptors (Lipinski definition) is 7. The number of nitriles is 1. The molecule has 0 unspecified atom stereocenters. The number of aromatic nitrogens is 3. The fraction of sp³-hybridized carbons (Fsp3) is 0.476. The number of carbonyl (C=O) groups is 2. The van der Waals surface area contributed by atoms with Gasteiger partial charge in [0.15, 0.2) is 5.82 Å². The molecule has 1 aliphatic heterocycles. The minimum absolute atomic E-state index is 0.123. The molecule has 0 spiro atoms. The summed E-state index contributed by atoms with van der Waals surface area (Å²) in [5.74, 6) is 0.757. The zero-order chi connectivity index (χ0) is 22.0. The molecule has 2 amide bonds. The SMILES string of the molecule is COCCNC(=O)c1cc(Nc2cc(N3CC[C@@](C#N)(C4CC4)C3=O)ccn2)nn1C. The van der Waals surface area contributed by atoms with Crippen LogP contribution >= 0.6 is 0 Å². The summed E-state index contributed by atoms with van der Waals surface area (Å²) in [5, 5.41) is 19.8. The second kappa shape index (κ2) is 8.35. The van der Waals surface area contributed by atoms with Crippen molar-refractivity contribution in [2.75, 3.05) is 37.0 Å². The van der Waals surface area contributed by atoms with E-state index in [9.17, 15) is 14.9 Å². The van der Waals surface area contributed by atoms with Gasteiger partial charge in [0.25, 0.3) is 5.91 Å². The van der Waals surface area contributed by atoms with Gasteiger partial charge < -0.3 is 20.3 Å². The minimum atomic E-state index is -0.886. The van der Waals surface area contributed by atoms with Crippen molar-refractivity contribution in [1.29, 1.82) is 5.26 Å². The number of carbonyl (C=O) groups excluding carboxylic acids is 2. The normalized spacial score (nSPS) is 20.5. The Morgan fingerprint density at radius 2 is 2.19 bits per heavy atom. The van der Waals surface area contributed by atoms with Crippen LogP contribution in [0.4, 0.5) is 17.3 Å². The van der Waals surface area contributed by atoms with E-state index in [4.69, 9.17) is 4.74 Å². The third-order valence-electron chi connectivity index (χ3n) is 5.85. The highest BCUT2D eigenvalue weighted by atomic mass is 16.5. The van der Waals surface area contributed by atoms with Crippen LogP contribution in [-0.4, -0.2) is 53.4 Å². The number of rotatable bonds is 8. The number of hydrogen-bond donors (Lipinski definition) is 2. The van der Waals surface area contributed by atoms with Crippen LogP contribution < -0.4 is 15.5 Å². The predicted octanol–water partition coefficient (Wildman–Crippen LogP) is 1.59. The predicted molar refractivity (Wildman–Crippen MR) is 113 cm³/mol. The molecule has 2 aromatic rings. The molecule has 0 radical (unpaired) electrons. The van der Waals surface area contributed by atoms with E-state index in [0.717, 1.165) is 12.8 Å². The van der Waals surface area contributed by atoms with Gasteiger partial charge in [-0.1, -0.05) is 0 Å². The topological polar surface area (TPSA) is 125 Å². The summed E-state index contributed by atoms with van der Waals surface area (Å²) in [5.41, 5.74) is 0.199. The van der Waals surface area contributed by atoms with Crippen molar-refractivity contribution in [3.05, 3.63) is 30.1 Å². The van der Waals surface area contributed by atoms with Gasteiger partial charge in [-0.25, -0.2) is 4.98 Å². The molecule has 1 atom stereocenters. The molecule has 2 fully saturated rings. The maximum atomic E-state index is 13.0. The lowest BCUT2D eigenvalue weighted by atomic mass is 9.83. The Morgan fingerprint density at radius 1 is 1.39 bits per heavy atom. The summed E-state index contributed by atoms with van der Waals surface area (Å²) < 4.78 is 6.42. The Kier molecular flexibility index (Phi) is 5.61. The van der Waals surface area contributed by atoms with Crippen molar-refractivity contribution in [3.63, 3.8) is 0 Å². The zero-order valence-electron chi connectivity index (χ0n) is 17.6. The number of aryl methyl sites for hydroxylation is 1. The maximum absolute atomic E-state index is 13.0. The average molecular weight is 423 g/mol. The molecule has 2 N–H and O–H groups in total. The summed E-state index contributed by atoms with van der Waals surface area (Å²) in [6.45, 7) is 1.35. The first-order chi connectivity index (χ1) is 15.0. The molecule has 3 heterocycles. The lowest BCUT2D eigenvalue weighted by Gasteiger charge is -2.21. The van der Waals surface area contributed by atoms with Crippen LogP contribution in [0.2, 0.25) is 0 Å². The van der Waals surface area contributed by atoms with Crippen LogP contribution in [-0.2, 0) is 16.6 Å². The van der Waals surface area contributed by atoms with Gasteiger partial charge in [-0.05, 0) is 31.2 Å². The van der Waals surface area contributed by atoms with E-state index in [1.54, 1.807) is 43.5 Å². The summed E-state index contributed by atoms with van der Waals surface area (Å²) in [4.78, 5) is 31.3. The molecule has 31 heavy (non-hydrogen) atoms. The molecule has 1 aliphatic carbocycles. The molecule has 10 nitrogen and oxygen atoms in total. The van der Waals surface area contributed by atoms with Crippen molar-refractivity contribution < 1.29 is 14.3 Å². The van der Waals surface area contributed by atoms with E-state index in [2.05, 4.69) is 26.8 Å². The Hall–Kier alpha value is -3.45. The van der Waals surface area contributed by atoms with Gasteiger partial charge >= 0.3 is 0 Å². The molecule has 0 aromatic carbocycles. The lowest BCUT2D eigenvalue weighted by Crippen LogP contribution is -2.35. The summed E-state index contributed by atoms with van der Waals surface area (Å²) in [6, 6.07) is 7.45. The molecule has 162 valence electrons. The fourth-order valence-corrected chi connectivity index (χ4v) is 4.02. The lowest BCUT2D eigenvalue weighted by molar-refractivity contribution is -0.123. The zero-order valence-corrected chi connectivity index (χ0v) is 17.6. The van der Waals surface area contributed by atoms with Crippen molar-refractivity contribution in [2.24, 2.45) is 18.4 Å². The van der Waals surface area contributed by atoms with Crippen LogP contribution in [0.5, 0.6) is 0 Å². The smallest absolute Gasteiger partial charge is 0.269 e. The monoisotopic (exact) mass is 423 g/mol. The van der Waals surface area contributed by atoms with E-state index < -0.39 is 5.41 Å². The number of nitrogens with one attached hydrogen (secondary N) is 2. The van der Waals surface area contributed by atoms with E-state index in [1.807, 2.05) is 0 Å². The number of pyridine rings is 1. The number of methoxy groups -OCH3 is 1. The van der Waals surface area contributed by atoms with Gasteiger partial charge in [-0.3, -0.25) is 14.3 Å². The third kappa shape index (κ3) is 3.96. The van der Waals surface area contributed by atoms with Gasteiger partial charge in [0.2, 0.25) is 5.91 Å². The Labute approximate surface area is 180 Å². The minimum Gasteiger partial charge on any atom is -0.383 e. The first kappa shape index (κ1) is 20.8. The Morgan fingerprint density at radius 3 is 2.90 bits per heavy atom. The highest BCUT2D eigenvalue weighted by molar-refractivity contribution is 6.02. The number of anilines is 3. The first-order valence-electron chi connectivity index (χ1n) is 10.3. The van der Waals surface area contributed by atoms with Gasteiger partial charge in [0, 0.05) is 51.3 Å². The van der Waals surface area contributed by atoms with Crippen molar-refractivity contribution in [3.8, 4) is 6.07 Å². The molecular weight excluding hydrogens is 398 g/mol. The summed E-state index contributed by atoms with van der Waals surface area (Å²) in [6.07, 6.45) is 4.05. The Bertz CT molecular complexity index is 1040. The van der Waals surface area contributed by atoms with Crippen LogP contribution in [0.3, 0.4) is 0 Å². The molecule has 1 saturated carbocycles. The van der Waals surface area contributed by atoms with E-state index in [0.29, 0.717) is 49.1 Å². The van der Waals surface area contributed by atoms with Crippen molar-refractivity contribution >= 4 is 29.1 Å². The van der Waals surface area contributed by atoms with Crippen LogP contribution in [0.1, 0.15) is 29.8 Å². The highest BCUT2D eigenvalue weighted by Gasteiger charge is 2.56. The molecule has 2 aliphatic rings. The third-order valence-corrected chi connectivity index (χ3v) is 5.85. The molecule has 10 heteroatoms. The summed E-state index contributed by atoms with van der Waals surface area (Å²) >= 11 is 0. The van der Waals surface area contributed by atoms with E-state index in [-0.39, 0.29) is 17.7 Å². The van der Waals surface area contributed by atoms with Gasteiger partial charge in [0.05, 0.1) is 12.7 Å². The molecule has 1 saturated heterocycles. The maximum Gasteiger partial charge on any atom is 0.269 e. The van der Waals surface area contributed by atoms with E-state index in [1.165, 1.54) is 4.68 Å². The molecule has 4 rings (SSSR count). The fourth-order valence-electron chi connectivity index (χ4n) is 4.02. The molecular formula is C21H25N7O3. The van der Waals surface area contributed by atoms with Crippen molar-refractivity contribution in [1.82, 2.24) is 20.1 Å². The van der Waals surface area contributed by atoms with Crippen molar-refractivity contribution in [2.45, 2.75) is 19.3 Å². The number of nitrogens with zero attached hydrogens (tertiary/aromatic N) is 5. The largest absolute Gasteiger partial charge is 0.383 e. The van der Waals surface area contributed by atoms with Gasteiger partial charge in [-0.15, -0.1) is 0 Å². The summed E-state index contributed by atoms with van der Waals surface area (Å²) in [7, 11) is 3.25. The average Bonchev–Trinajstić information content (AvgIpc) is 3.47. The van der Waals surface area contributed by atoms with Crippen LogP contribution in [0.25, 0.3) is 0 Å². The van der Waals surface area contributed by atoms with Gasteiger partial charge in [-0.2, -0.15) is 10.4 Å². The first-order valence-corrected chi connectivity index (χ1v) is 10.3. The van der Waals surface area contributed by atoms with Crippen LogP contribution in [0.15, 0.2) is 24.4 Å². The van der Waals surface area contributed by atoms with Crippen LogP contribution in [0, 0.1) is 22.7 Å². The van der Waals surface area contributed by atoms with Gasteiger partial charge in [0.1, 0.15) is 16.9 Å². The molecule has 2 aromatic heterocycles. The number of ether oxygens (including phenoxy) is 1. The highest BCUT2D eigenvalue weighted by Crippen LogP contribution is 2.51. The second-order valence-electron chi connectivity index (χ2n) is 7.88. The quantitative estimate of drug-likeness (QED) is 0.618.